The number of rotatable bonds is 7. The normalized spacial score (nSPS) is 12.1. The standard InChI is InChI=1S/C12H22N2O3S/c1-5-17-9(15)6-7-14(4)12(16)10(8(2)3)11(13)18/h8,10H,5-7H2,1-4H3,(H2,13,18). The van der Waals surface area contributed by atoms with E-state index in [9.17, 15) is 9.59 Å². The van der Waals surface area contributed by atoms with E-state index in [2.05, 4.69) is 0 Å². The molecule has 1 unspecified atom stereocenters. The van der Waals surface area contributed by atoms with Crippen molar-refractivity contribution in [2.45, 2.75) is 27.2 Å². The summed E-state index contributed by atoms with van der Waals surface area (Å²) in [6.07, 6.45) is 0.179. The highest BCUT2D eigenvalue weighted by Crippen LogP contribution is 2.14. The fraction of sp³-hybridized carbons (Fsp3) is 0.750. The van der Waals surface area contributed by atoms with Crippen LogP contribution < -0.4 is 5.73 Å². The van der Waals surface area contributed by atoms with Crippen LogP contribution >= 0.6 is 12.2 Å². The third-order valence-electron chi connectivity index (χ3n) is 2.57. The highest BCUT2D eigenvalue weighted by molar-refractivity contribution is 7.80. The minimum atomic E-state index is -0.479. The predicted molar refractivity (Wildman–Crippen MR) is 74.0 cm³/mol. The van der Waals surface area contributed by atoms with Gasteiger partial charge in [0.25, 0.3) is 0 Å². The van der Waals surface area contributed by atoms with Gasteiger partial charge in [-0.1, -0.05) is 26.1 Å². The summed E-state index contributed by atoms with van der Waals surface area (Å²) in [5, 5.41) is 0. The molecule has 0 heterocycles. The van der Waals surface area contributed by atoms with Gasteiger partial charge in [-0.15, -0.1) is 0 Å². The van der Waals surface area contributed by atoms with Gasteiger partial charge < -0.3 is 15.4 Å². The first kappa shape index (κ1) is 16.8. The molecule has 5 nitrogen and oxygen atoms in total. The number of hydrogen-bond donors (Lipinski definition) is 1. The molecule has 0 bridgehead atoms. The number of esters is 1. The monoisotopic (exact) mass is 274 g/mol. The lowest BCUT2D eigenvalue weighted by atomic mass is 9.94. The highest BCUT2D eigenvalue weighted by Gasteiger charge is 2.27. The maximum atomic E-state index is 12.1. The van der Waals surface area contributed by atoms with Crippen molar-refractivity contribution in [1.82, 2.24) is 4.90 Å². The number of hydrogen-bond acceptors (Lipinski definition) is 4. The molecule has 0 saturated carbocycles. The van der Waals surface area contributed by atoms with E-state index in [-0.39, 0.29) is 29.2 Å². The molecular formula is C12H22N2O3S. The Kier molecular flexibility index (Phi) is 7.50. The molecule has 0 aromatic rings. The maximum absolute atomic E-state index is 12.1. The van der Waals surface area contributed by atoms with Gasteiger partial charge in [-0.05, 0) is 12.8 Å². The van der Waals surface area contributed by atoms with E-state index in [0.717, 1.165) is 0 Å². The van der Waals surface area contributed by atoms with E-state index >= 15 is 0 Å². The van der Waals surface area contributed by atoms with Gasteiger partial charge in [0.05, 0.1) is 23.9 Å². The number of thiocarbonyl (C=S) groups is 1. The second-order valence-electron chi connectivity index (χ2n) is 4.44. The molecule has 0 aromatic heterocycles. The van der Waals surface area contributed by atoms with E-state index in [0.29, 0.717) is 13.2 Å². The molecule has 0 fully saturated rings. The Morgan fingerprint density at radius 3 is 2.33 bits per heavy atom. The van der Waals surface area contributed by atoms with Gasteiger partial charge >= 0.3 is 5.97 Å². The van der Waals surface area contributed by atoms with Crippen LogP contribution in [0.3, 0.4) is 0 Å². The molecule has 2 N–H and O–H groups in total. The summed E-state index contributed by atoms with van der Waals surface area (Å²) in [6, 6.07) is 0. The lowest BCUT2D eigenvalue weighted by Gasteiger charge is -2.25. The topological polar surface area (TPSA) is 72.6 Å². The molecule has 6 heteroatoms. The zero-order valence-corrected chi connectivity index (χ0v) is 12.3. The molecular weight excluding hydrogens is 252 g/mol. The molecule has 1 amide bonds. The third-order valence-corrected chi connectivity index (χ3v) is 2.83. The van der Waals surface area contributed by atoms with Crippen molar-refractivity contribution >= 4 is 29.1 Å². The summed E-state index contributed by atoms with van der Waals surface area (Å²) < 4.78 is 4.80. The minimum Gasteiger partial charge on any atom is -0.466 e. The van der Waals surface area contributed by atoms with Crippen LogP contribution in [0.15, 0.2) is 0 Å². The molecule has 0 spiro atoms. The number of nitrogens with zero attached hydrogens (tertiary/aromatic N) is 1. The molecule has 104 valence electrons. The second-order valence-corrected chi connectivity index (χ2v) is 4.91. The summed E-state index contributed by atoms with van der Waals surface area (Å²) in [7, 11) is 1.63. The molecule has 0 aliphatic rings. The van der Waals surface area contributed by atoms with Crippen molar-refractivity contribution in [1.29, 1.82) is 0 Å². The summed E-state index contributed by atoms with van der Waals surface area (Å²) in [4.78, 5) is 25.0. The summed E-state index contributed by atoms with van der Waals surface area (Å²) >= 11 is 4.90. The lowest BCUT2D eigenvalue weighted by molar-refractivity contribution is -0.144. The number of amides is 1. The van der Waals surface area contributed by atoms with Crippen LogP contribution in [0.5, 0.6) is 0 Å². The average Bonchev–Trinajstić information content (AvgIpc) is 2.25. The Labute approximate surface area is 114 Å². The van der Waals surface area contributed by atoms with E-state index in [4.69, 9.17) is 22.7 Å². The van der Waals surface area contributed by atoms with Crippen LogP contribution in [-0.2, 0) is 14.3 Å². The third kappa shape index (κ3) is 5.44. The van der Waals surface area contributed by atoms with Crippen LogP contribution in [0, 0.1) is 11.8 Å². The Balaban J connectivity index is 4.40. The van der Waals surface area contributed by atoms with Crippen LogP contribution in [0.2, 0.25) is 0 Å². The molecule has 0 radical (unpaired) electrons. The van der Waals surface area contributed by atoms with Crippen molar-refractivity contribution in [3.8, 4) is 0 Å². The van der Waals surface area contributed by atoms with Gasteiger partial charge in [0, 0.05) is 13.6 Å². The fourth-order valence-electron chi connectivity index (χ4n) is 1.58. The smallest absolute Gasteiger partial charge is 0.307 e. The van der Waals surface area contributed by atoms with Gasteiger partial charge in [0.1, 0.15) is 0 Å². The number of carbonyl (C=O) groups is 2. The predicted octanol–water partition coefficient (Wildman–Crippen LogP) is 0.956. The number of ether oxygens (including phenoxy) is 1. The van der Waals surface area contributed by atoms with Crippen molar-refractivity contribution in [3.05, 3.63) is 0 Å². The lowest BCUT2D eigenvalue weighted by Crippen LogP contribution is -2.42. The summed E-state index contributed by atoms with van der Waals surface area (Å²) in [5.74, 6) is -0.900. The van der Waals surface area contributed by atoms with Gasteiger partial charge in [0.15, 0.2) is 0 Å². The van der Waals surface area contributed by atoms with E-state index in [1.807, 2.05) is 13.8 Å². The Bertz CT molecular complexity index is 318. The minimum absolute atomic E-state index is 0.0417. The molecule has 0 saturated heterocycles. The Hall–Kier alpha value is -1.17. The molecule has 0 rings (SSSR count). The van der Waals surface area contributed by atoms with Gasteiger partial charge in [-0.2, -0.15) is 0 Å². The molecule has 0 aliphatic heterocycles. The van der Waals surface area contributed by atoms with Crippen LogP contribution in [0.4, 0.5) is 0 Å². The zero-order chi connectivity index (χ0) is 14.3. The van der Waals surface area contributed by atoms with Crippen LogP contribution in [0.1, 0.15) is 27.2 Å². The molecule has 0 aromatic carbocycles. The fourth-order valence-corrected chi connectivity index (χ4v) is 1.95. The van der Waals surface area contributed by atoms with Gasteiger partial charge in [0.2, 0.25) is 5.91 Å². The highest BCUT2D eigenvalue weighted by atomic mass is 32.1. The van der Waals surface area contributed by atoms with Crippen LogP contribution in [-0.4, -0.2) is 42.0 Å². The van der Waals surface area contributed by atoms with E-state index < -0.39 is 5.92 Å². The van der Waals surface area contributed by atoms with E-state index in [1.165, 1.54) is 4.90 Å². The average molecular weight is 274 g/mol. The summed E-state index contributed by atoms with van der Waals surface area (Å²) in [6.45, 7) is 6.18. The first-order chi connectivity index (χ1) is 8.31. The van der Waals surface area contributed by atoms with Gasteiger partial charge in [-0.25, -0.2) is 0 Å². The SMILES string of the molecule is CCOC(=O)CCN(C)C(=O)C(C(N)=S)C(C)C. The molecule has 1 atom stereocenters. The maximum Gasteiger partial charge on any atom is 0.307 e. The molecule has 18 heavy (non-hydrogen) atoms. The second kappa shape index (κ2) is 8.02. The van der Waals surface area contributed by atoms with Crippen molar-refractivity contribution in [3.63, 3.8) is 0 Å². The van der Waals surface area contributed by atoms with Crippen LogP contribution in [0.25, 0.3) is 0 Å². The van der Waals surface area contributed by atoms with Crippen molar-refractivity contribution in [2.24, 2.45) is 17.6 Å². The Morgan fingerprint density at radius 1 is 1.39 bits per heavy atom. The number of carbonyl (C=O) groups excluding carboxylic acids is 2. The van der Waals surface area contributed by atoms with Crippen molar-refractivity contribution < 1.29 is 14.3 Å². The quantitative estimate of drug-likeness (QED) is 0.553. The van der Waals surface area contributed by atoms with Gasteiger partial charge in [-0.3, -0.25) is 9.59 Å². The molecule has 0 aliphatic carbocycles. The first-order valence-electron chi connectivity index (χ1n) is 6.01. The zero-order valence-electron chi connectivity index (χ0n) is 11.4. The first-order valence-corrected chi connectivity index (χ1v) is 6.42. The van der Waals surface area contributed by atoms with Crippen molar-refractivity contribution in [2.75, 3.05) is 20.2 Å². The van der Waals surface area contributed by atoms with E-state index in [1.54, 1.807) is 14.0 Å². The largest absolute Gasteiger partial charge is 0.466 e. The number of nitrogens with two attached hydrogens (primary N) is 1. The summed E-state index contributed by atoms with van der Waals surface area (Å²) in [5.41, 5.74) is 5.57. The Morgan fingerprint density at radius 2 is 1.94 bits per heavy atom.